The Morgan fingerprint density at radius 2 is 2.08 bits per heavy atom. The molecule has 0 saturated heterocycles. The van der Waals surface area contributed by atoms with Gasteiger partial charge < -0.3 is 5.73 Å². The molecular formula is C7H6BrF2NS. The van der Waals surface area contributed by atoms with Crippen LogP contribution in [0.2, 0.25) is 0 Å². The predicted octanol–water partition coefficient (Wildman–Crippen LogP) is 3.35. The fraction of sp³-hybridized carbons (Fsp3) is 0.143. The first-order valence-corrected chi connectivity index (χ1v) is 4.76. The third-order valence-corrected chi connectivity index (χ3v) is 2.47. The Bertz CT molecular complexity index is 280. The van der Waals surface area contributed by atoms with Crippen molar-refractivity contribution in [2.75, 3.05) is 5.73 Å². The molecule has 0 atom stereocenters. The molecule has 1 rings (SSSR count). The van der Waals surface area contributed by atoms with Gasteiger partial charge in [0.05, 0.1) is 0 Å². The monoisotopic (exact) mass is 253 g/mol. The molecule has 0 amide bonds. The molecule has 0 radical (unpaired) electrons. The van der Waals surface area contributed by atoms with Gasteiger partial charge in [0.1, 0.15) is 0 Å². The Kier molecular flexibility index (Phi) is 3.34. The van der Waals surface area contributed by atoms with Crippen LogP contribution in [0.3, 0.4) is 0 Å². The van der Waals surface area contributed by atoms with Gasteiger partial charge in [-0.15, -0.1) is 0 Å². The Labute approximate surface area is 81.5 Å². The zero-order valence-electron chi connectivity index (χ0n) is 5.93. The van der Waals surface area contributed by atoms with Gasteiger partial charge in [-0.3, -0.25) is 0 Å². The number of benzene rings is 1. The zero-order valence-corrected chi connectivity index (χ0v) is 8.33. The molecule has 0 unspecified atom stereocenters. The summed E-state index contributed by atoms with van der Waals surface area (Å²) in [4.78, 5) is 0.402. The molecule has 0 bridgehead atoms. The number of nitrogens with two attached hydrogens (primary N) is 1. The maximum atomic E-state index is 11.9. The summed E-state index contributed by atoms with van der Waals surface area (Å²) >= 11 is 3.62. The van der Waals surface area contributed by atoms with Crippen molar-refractivity contribution >= 4 is 33.4 Å². The molecule has 0 aliphatic heterocycles. The highest BCUT2D eigenvalue weighted by Gasteiger charge is 2.08. The lowest BCUT2D eigenvalue weighted by Crippen LogP contribution is -1.90. The van der Waals surface area contributed by atoms with E-state index in [1.54, 1.807) is 18.2 Å². The van der Waals surface area contributed by atoms with Crippen LogP contribution in [0, 0.1) is 0 Å². The lowest BCUT2D eigenvalue weighted by atomic mass is 10.3. The summed E-state index contributed by atoms with van der Waals surface area (Å²) < 4.78 is 24.6. The Morgan fingerprint density at radius 3 is 2.67 bits per heavy atom. The second-order valence-electron chi connectivity index (χ2n) is 2.06. The normalized spacial score (nSPS) is 10.7. The molecule has 2 N–H and O–H groups in total. The topological polar surface area (TPSA) is 26.0 Å². The molecule has 1 nitrogen and oxygen atoms in total. The average molecular weight is 254 g/mol. The zero-order chi connectivity index (χ0) is 9.14. The van der Waals surface area contributed by atoms with Crippen LogP contribution < -0.4 is 5.73 Å². The molecule has 0 spiro atoms. The molecule has 1 aromatic carbocycles. The molecule has 12 heavy (non-hydrogen) atoms. The first-order valence-electron chi connectivity index (χ1n) is 3.09. The fourth-order valence-electron chi connectivity index (χ4n) is 0.706. The number of rotatable bonds is 2. The smallest absolute Gasteiger partial charge is 0.288 e. The van der Waals surface area contributed by atoms with E-state index in [1.807, 2.05) is 0 Å². The van der Waals surface area contributed by atoms with Crippen LogP contribution in [0.4, 0.5) is 14.5 Å². The second-order valence-corrected chi connectivity index (χ2v) is 4.01. The quantitative estimate of drug-likeness (QED) is 0.647. The van der Waals surface area contributed by atoms with Crippen LogP contribution in [0.5, 0.6) is 0 Å². The molecule has 5 heteroatoms. The number of anilines is 1. The molecule has 0 aromatic heterocycles. The third-order valence-electron chi connectivity index (χ3n) is 1.19. The summed E-state index contributed by atoms with van der Waals surface area (Å²) in [6.07, 6.45) is 0. The van der Waals surface area contributed by atoms with E-state index in [-0.39, 0.29) is 0 Å². The standard InChI is InChI=1S/C7H6BrF2NS/c8-4-1-2-5(11)6(3-4)12-7(9)10/h1-3,7H,11H2. The summed E-state index contributed by atoms with van der Waals surface area (Å²) in [5.41, 5.74) is 5.84. The van der Waals surface area contributed by atoms with E-state index in [4.69, 9.17) is 5.73 Å². The van der Waals surface area contributed by atoms with Gasteiger partial charge in [0.15, 0.2) is 0 Å². The summed E-state index contributed by atoms with van der Waals surface area (Å²) in [5, 5.41) is 0. The molecule has 0 heterocycles. The van der Waals surface area contributed by atoms with Crippen molar-refractivity contribution in [3.05, 3.63) is 22.7 Å². The van der Waals surface area contributed by atoms with Crippen molar-refractivity contribution in [2.24, 2.45) is 0 Å². The minimum Gasteiger partial charge on any atom is -0.398 e. The number of halogens is 3. The van der Waals surface area contributed by atoms with Crippen LogP contribution in [0.15, 0.2) is 27.6 Å². The van der Waals surface area contributed by atoms with E-state index in [1.165, 1.54) is 0 Å². The number of hydrogen-bond donors (Lipinski definition) is 1. The van der Waals surface area contributed by atoms with Crippen LogP contribution in [-0.2, 0) is 0 Å². The first kappa shape index (κ1) is 9.80. The molecular weight excluding hydrogens is 248 g/mol. The minimum absolute atomic E-state index is 0.378. The number of nitrogen functional groups attached to an aromatic ring is 1. The highest BCUT2D eigenvalue weighted by molar-refractivity contribution is 9.10. The van der Waals surface area contributed by atoms with Crippen LogP contribution in [0.1, 0.15) is 0 Å². The van der Waals surface area contributed by atoms with Crippen LogP contribution in [-0.4, -0.2) is 5.76 Å². The summed E-state index contributed by atoms with van der Waals surface area (Å²) in [6.45, 7) is 0. The molecule has 0 aliphatic rings. The van der Waals surface area contributed by atoms with Crippen molar-refractivity contribution in [1.29, 1.82) is 0 Å². The second kappa shape index (κ2) is 4.09. The Balaban J connectivity index is 2.90. The molecule has 1 aromatic rings. The summed E-state index contributed by atoms with van der Waals surface area (Å²) in [7, 11) is 0. The van der Waals surface area contributed by atoms with Crippen molar-refractivity contribution in [3.63, 3.8) is 0 Å². The van der Waals surface area contributed by atoms with Crippen molar-refractivity contribution in [1.82, 2.24) is 0 Å². The van der Waals surface area contributed by atoms with E-state index in [0.29, 0.717) is 22.3 Å². The lowest BCUT2D eigenvalue weighted by molar-refractivity contribution is 0.252. The van der Waals surface area contributed by atoms with E-state index in [0.717, 1.165) is 4.47 Å². The number of alkyl halides is 2. The maximum Gasteiger partial charge on any atom is 0.288 e. The molecule has 0 fully saturated rings. The Morgan fingerprint density at radius 1 is 1.42 bits per heavy atom. The number of hydrogen-bond acceptors (Lipinski definition) is 2. The van der Waals surface area contributed by atoms with Gasteiger partial charge in [0.2, 0.25) is 0 Å². The molecule has 0 aliphatic carbocycles. The predicted molar refractivity (Wildman–Crippen MR) is 50.4 cm³/mol. The van der Waals surface area contributed by atoms with E-state index in [2.05, 4.69) is 15.9 Å². The van der Waals surface area contributed by atoms with Gasteiger partial charge in [0.25, 0.3) is 5.76 Å². The Hall–Kier alpha value is -0.290. The van der Waals surface area contributed by atoms with Crippen molar-refractivity contribution in [3.8, 4) is 0 Å². The van der Waals surface area contributed by atoms with Gasteiger partial charge in [0, 0.05) is 15.1 Å². The fourth-order valence-corrected chi connectivity index (χ4v) is 1.81. The van der Waals surface area contributed by atoms with E-state index < -0.39 is 5.76 Å². The summed E-state index contributed by atoms with van der Waals surface area (Å²) in [6, 6.07) is 4.88. The van der Waals surface area contributed by atoms with Crippen LogP contribution >= 0.6 is 27.7 Å². The SMILES string of the molecule is Nc1ccc(Br)cc1SC(F)F. The molecule has 0 saturated carbocycles. The maximum absolute atomic E-state index is 11.9. The third kappa shape index (κ3) is 2.64. The van der Waals surface area contributed by atoms with Gasteiger partial charge in [-0.05, 0) is 18.2 Å². The number of thioether (sulfide) groups is 1. The van der Waals surface area contributed by atoms with Gasteiger partial charge in [-0.1, -0.05) is 27.7 Å². The average Bonchev–Trinajstić information content (AvgIpc) is 1.96. The minimum atomic E-state index is -2.43. The van der Waals surface area contributed by atoms with Crippen molar-refractivity contribution < 1.29 is 8.78 Å². The van der Waals surface area contributed by atoms with Crippen molar-refractivity contribution in [2.45, 2.75) is 10.7 Å². The van der Waals surface area contributed by atoms with E-state index in [9.17, 15) is 8.78 Å². The highest BCUT2D eigenvalue weighted by atomic mass is 79.9. The first-order chi connectivity index (χ1) is 5.59. The molecule has 66 valence electrons. The van der Waals surface area contributed by atoms with Crippen LogP contribution in [0.25, 0.3) is 0 Å². The van der Waals surface area contributed by atoms with Gasteiger partial charge >= 0.3 is 0 Å². The van der Waals surface area contributed by atoms with Gasteiger partial charge in [-0.2, -0.15) is 8.78 Å². The van der Waals surface area contributed by atoms with E-state index >= 15 is 0 Å². The van der Waals surface area contributed by atoms with Gasteiger partial charge in [-0.25, -0.2) is 0 Å². The lowest BCUT2D eigenvalue weighted by Gasteiger charge is -2.03. The highest BCUT2D eigenvalue weighted by Crippen LogP contribution is 2.32. The largest absolute Gasteiger partial charge is 0.398 e. The summed E-state index contributed by atoms with van der Waals surface area (Å²) in [5.74, 6) is -2.43.